The number of benzene rings is 1. The molecule has 1 aromatic carbocycles. The topological polar surface area (TPSA) is 47.0 Å². The number of methoxy groups -OCH3 is 1. The molecule has 2 aromatic rings. The fourth-order valence-electron chi connectivity index (χ4n) is 1.91. The number of rotatable bonds is 4. The van der Waals surface area contributed by atoms with Gasteiger partial charge < -0.3 is 10.1 Å². The van der Waals surface area contributed by atoms with E-state index in [9.17, 15) is 4.39 Å². The summed E-state index contributed by atoms with van der Waals surface area (Å²) in [6.07, 6.45) is 4.74. The molecule has 0 saturated heterocycles. The van der Waals surface area contributed by atoms with Gasteiger partial charge in [-0.1, -0.05) is 6.07 Å². The second-order valence-electron chi connectivity index (χ2n) is 3.75. The van der Waals surface area contributed by atoms with Gasteiger partial charge in [-0.15, -0.1) is 0 Å². The van der Waals surface area contributed by atoms with E-state index in [0.717, 1.165) is 5.56 Å². The first-order valence-electron chi connectivity index (χ1n) is 5.52. The predicted molar refractivity (Wildman–Crippen MR) is 65.9 cm³/mol. The van der Waals surface area contributed by atoms with E-state index < -0.39 is 0 Å². The molecule has 94 valence electrons. The first kappa shape index (κ1) is 12.4. The van der Waals surface area contributed by atoms with Crippen molar-refractivity contribution in [1.29, 1.82) is 0 Å². The van der Waals surface area contributed by atoms with Gasteiger partial charge in [0.05, 0.1) is 18.7 Å². The molecule has 0 spiro atoms. The van der Waals surface area contributed by atoms with E-state index in [1.54, 1.807) is 31.6 Å². The Balaban J connectivity index is 2.52. The first-order valence-corrected chi connectivity index (χ1v) is 5.52. The molecular weight excluding hydrogens is 233 g/mol. The third kappa shape index (κ3) is 2.31. The lowest BCUT2D eigenvalue weighted by molar-refractivity contribution is 0.398. The molecule has 4 nitrogen and oxygen atoms in total. The molecule has 0 aliphatic rings. The van der Waals surface area contributed by atoms with Crippen molar-refractivity contribution in [3.05, 3.63) is 53.9 Å². The van der Waals surface area contributed by atoms with Gasteiger partial charge in [0.1, 0.15) is 17.9 Å². The average molecular weight is 247 g/mol. The highest BCUT2D eigenvalue weighted by atomic mass is 19.1. The summed E-state index contributed by atoms with van der Waals surface area (Å²) in [5.74, 6) is 0.177. The molecule has 5 heteroatoms. The van der Waals surface area contributed by atoms with Gasteiger partial charge in [0.25, 0.3) is 0 Å². The lowest BCUT2D eigenvalue weighted by Crippen LogP contribution is -2.20. The Morgan fingerprint density at radius 3 is 2.61 bits per heavy atom. The van der Waals surface area contributed by atoms with Gasteiger partial charge in [-0.05, 0) is 19.2 Å². The Hall–Kier alpha value is -2.01. The van der Waals surface area contributed by atoms with Gasteiger partial charge in [-0.3, -0.25) is 0 Å². The van der Waals surface area contributed by atoms with Crippen molar-refractivity contribution in [2.45, 2.75) is 6.04 Å². The lowest BCUT2D eigenvalue weighted by atomic mass is 10.00. The molecule has 0 aliphatic carbocycles. The van der Waals surface area contributed by atoms with Crippen molar-refractivity contribution in [3.8, 4) is 5.75 Å². The summed E-state index contributed by atoms with van der Waals surface area (Å²) in [6, 6.07) is 4.41. The number of aromatic nitrogens is 2. The van der Waals surface area contributed by atoms with Gasteiger partial charge in [-0.2, -0.15) is 0 Å². The van der Waals surface area contributed by atoms with Crippen molar-refractivity contribution < 1.29 is 9.13 Å². The van der Waals surface area contributed by atoms with Crippen LogP contribution in [0, 0.1) is 5.82 Å². The van der Waals surface area contributed by atoms with Crippen LogP contribution in [0.3, 0.4) is 0 Å². The smallest absolute Gasteiger partial charge is 0.132 e. The fraction of sp³-hybridized carbons (Fsp3) is 0.231. The fourth-order valence-corrected chi connectivity index (χ4v) is 1.91. The molecule has 1 heterocycles. The van der Waals surface area contributed by atoms with Crippen LogP contribution < -0.4 is 10.1 Å². The minimum atomic E-state index is -0.345. The van der Waals surface area contributed by atoms with Crippen LogP contribution in [0.25, 0.3) is 0 Å². The summed E-state index contributed by atoms with van der Waals surface area (Å²) in [4.78, 5) is 7.90. The van der Waals surface area contributed by atoms with Crippen LogP contribution in [0.15, 0.2) is 36.9 Å². The van der Waals surface area contributed by atoms with Crippen LogP contribution in [0.2, 0.25) is 0 Å². The Bertz CT molecular complexity index is 519. The summed E-state index contributed by atoms with van der Waals surface area (Å²) < 4.78 is 19.2. The van der Waals surface area contributed by atoms with E-state index >= 15 is 0 Å². The third-order valence-corrected chi connectivity index (χ3v) is 2.72. The summed E-state index contributed by atoms with van der Waals surface area (Å²) in [7, 11) is 3.27. The van der Waals surface area contributed by atoms with E-state index in [4.69, 9.17) is 4.74 Å². The molecule has 1 unspecified atom stereocenters. The molecule has 1 aromatic heterocycles. The zero-order chi connectivity index (χ0) is 13.0. The minimum absolute atomic E-state index is 0.322. The second kappa shape index (κ2) is 5.55. The highest BCUT2D eigenvalue weighted by Crippen LogP contribution is 2.31. The normalized spacial score (nSPS) is 12.2. The maximum absolute atomic E-state index is 14.0. The Morgan fingerprint density at radius 1 is 1.28 bits per heavy atom. The summed E-state index contributed by atoms with van der Waals surface area (Å²) in [5.41, 5.74) is 1.24. The van der Waals surface area contributed by atoms with E-state index in [0.29, 0.717) is 11.3 Å². The molecule has 18 heavy (non-hydrogen) atoms. The number of hydrogen-bond donors (Lipinski definition) is 1. The molecule has 0 aliphatic heterocycles. The molecule has 0 radical (unpaired) electrons. The molecule has 0 amide bonds. The number of ether oxygens (including phenoxy) is 1. The number of hydrogen-bond acceptors (Lipinski definition) is 4. The minimum Gasteiger partial charge on any atom is -0.496 e. The highest BCUT2D eigenvalue weighted by Gasteiger charge is 2.21. The first-order chi connectivity index (χ1) is 8.77. The largest absolute Gasteiger partial charge is 0.496 e. The summed E-state index contributed by atoms with van der Waals surface area (Å²) in [5, 5.41) is 3.05. The summed E-state index contributed by atoms with van der Waals surface area (Å²) in [6.45, 7) is 0. The Kier molecular flexibility index (Phi) is 3.84. The van der Waals surface area contributed by atoms with Crippen LogP contribution in [-0.2, 0) is 0 Å². The van der Waals surface area contributed by atoms with Crippen LogP contribution in [0.4, 0.5) is 4.39 Å². The van der Waals surface area contributed by atoms with E-state index in [-0.39, 0.29) is 11.9 Å². The Labute approximate surface area is 105 Å². The maximum Gasteiger partial charge on any atom is 0.132 e. The third-order valence-electron chi connectivity index (χ3n) is 2.72. The average Bonchev–Trinajstić information content (AvgIpc) is 2.42. The van der Waals surface area contributed by atoms with Crippen molar-refractivity contribution in [3.63, 3.8) is 0 Å². The SMILES string of the molecule is CNC(c1cncnc1)c1c(F)cccc1OC. The van der Waals surface area contributed by atoms with Gasteiger partial charge >= 0.3 is 0 Å². The van der Waals surface area contributed by atoms with Gasteiger partial charge in [0.2, 0.25) is 0 Å². The number of halogens is 1. The molecule has 0 saturated carbocycles. The monoisotopic (exact) mass is 247 g/mol. The lowest BCUT2D eigenvalue weighted by Gasteiger charge is -2.19. The van der Waals surface area contributed by atoms with Gasteiger partial charge in [0.15, 0.2) is 0 Å². The molecule has 1 N–H and O–H groups in total. The van der Waals surface area contributed by atoms with Crippen molar-refractivity contribution in [2.24, 2.45) is 0 Å². The zero-order valence-corrected chi connectivity index (χ0v) is 10.2. The number of nitrogens with zero attached hydrogens (tertiary/aromatic N) is 2. The van der Waals surface area contributed by atoms with Gasteiger partial charge in [0, 0.05) is 18.0 Å². The van der Waals surface area contributed by atoms with Crippen LogP contribution in [0.1, 0.15) is 17.2 Å². The highest BCUT2D eigenvalue weighted by molar-refractivity contribution is 5.41. The maximum atomic E-state index is 14.0. The van der Waals surface area contributed by atoms with Crippen LogP contribution in [0.5, 0.6) is 5.75 Å². The van der Waals surface area contributed by atoms with Crippen LogP contribution in [-0.4, -0.2) is 24.1 Å². The standard InChI is InChI=1S/C13H14FN3O/c1-15-13(9-6-16-8-17-7-9)12-10(14)4-3-5-11(12)18-2/h3-8,13,15H,1-2H3. The van der Waals surface area contributed by atoms with E-state index in [1.807, 2.05) is 0 Å². The van der Waals surface area contributed by atoms with Crippen molar-refractivity contribution in [1.82, 2.24) is 15.3 Å². The van der Waals surface area contributed by atoms with Crippen molar-refractivity contribution in [2.75, 3.05) is 14.2 Å². The molecule has 1 atom stereocenters. The number of nitrogens with one attached hydrogen (secondary N) is 1. The molecular formula is C13H14FN3O. The zero-order valence-electron chi connectivity index (χ0n) is 10.2. The predicted octanol–water partition coefficient (Wildman–Crippen LogP) is 1.93. The Morgan fingerprint density at radius 2 is 2.00 bits per heavy atom. The summed E-state index contributed by atoms with van der Waals surface area (Å²) >= 11 is 0. The van der Waals surface area contributed by atoms with E-state index in [2.05, 4.69) is 15.3 Å². The van der Waals surface area contributed by atoms with Crippen molar-refractivity contribution >= 4 is 0 Å². The molecule has 2 rings (SSSR count). The van der Waals surface area contributed by atoms with Crippen LogP contribution >= 0.6 is 0 Å². The second-order valence-corrected chi connectivity index (χ2v) is 3.75. The van der Waals surface area contributed by atoms with E-state index in [1.165, 1.54) is 19.5 Å². The quantitative estimate of drug-likeness (QED) is 0.896. The molecule has 0 fully saturated rings. The molecule has 0 bridgehead atoms. The van der Waals surface area contributed by atoms with Gasteiger partial charge in [-0.25, -0.2) is 14.4 Å².